The Morgan fingerprint density at radius 1 is 1.15 bits per heavy atom. The number of carboxylic acids is 1. The molecule has 0 atom stereocenters. The number of pyridine rings is 1. The van der Waals surface area contributed by atoms with E-state index in [0.29, 0.717) is 21.9 Å². The molecule has 0 aliphatic carbocycles. The number of carbonyl (C=O) groups is 2. The lowest BCUT2D eigenvalue weighted by molar-refractivity contribution is 0.0692. The van der Waals surface area contributed by atoms with Crippen molar-refractivity contribution < 1.29 is 19.4 Å². The molecular weight excluding hydrogens is 442 g/mol. The van der Waals surface area contributed by atoms with Crippen LogP contribution in [-0.2, 0) is 6.54 Å². The van der Waals surface area contributed by atoms with Crippen molar-refractivity contribution in [2.75, 3.05) is 45.7 Å². The van der Waals surface area contributed by atoms with Crippen LogP contribution in [-0.4, -0.2) is 77.1 Å². The van der Waals surface area contributed by atoms with Crippen molar-refractivity contribution in [1.82, 2.24) is 19.8 Å². The monoisotopic (exact) mass is 467 g/mol. The number of thiazole rings is 1. The number of carbonyl (C=O) groups excluding carboxylic acids is 1. The van der Waals surface area contributed by atoms with Crippen LogP contribution in [0.2, 0.25) is 0 Å². The highest BCUT2D eigenvalue weighted by Crippen LogP contribution is 2.36. The molecule has 1 aromatic carbocycles. The molecule has 172 valence electrons. The SMILES string of the molecule is COc1cnccc1-c1nc(C(=O)O)c(NC(=O)c2ccc(CN3CCN(C)CC3)cc2)s1. The number of rotatable bonds is 7. The number of anilines is 1. The molecule has 0 spiro atoms. The number of nitrogens with zero attached hydrogens (tertiary/aromatic N) is 4. The maximum absolute atomic E-state index is 12.8. The van der Waals surface area contributed by atoms with Crippen molar-refractivity contribution in [2.45, 2.75) is 6.54 Å². The van der Waals surface area contributed by atoms with E-state index in [2.05, 4.69) is 32.1 Å². The number of hydrogen-bond acceptors (Lipinski definition) is 8. The number of nitrogens with one attached hydrogen (secondary N) is 1. The third-order valence-electron chi connectivity index (χ3n) is 5.51. The summed E-state index contributed by atoms with van der Waals surface area (Å²) < 4.78 is 5.29. The molecule has 1 amide bonds. The van der Waals surface area contributed by atoms with Gasteiger partial charge in [0.2, 0.25) is 0 Å². The van der Waals surface area contributed by atoms with Crippen LogP contribution in [0.3, 0.4) is 0 Å². The highest BCUT2D eigenvalue weighted by Gasteiger charge is 2.22. The second-order valence-corrected chi connectivity index (χ2v) is 8.81. The smallest absolute Gasteiger partial charge is 0.357 e. The summed E-state index contributed by atoms with van der Waals surface area (Å²) in [5, 5.41) is 12.9. The third-order valence-corrected chi connectivity index (χ3v) is 6.51. The summed E-state index contributed by atoms with van der Waals surface area (Å²) in [7, 11) is 3.63. The largest absolute Gasteiger partial charge is 0.494 e. The third kappa shape index (κ3) is 5.36. The van der Waals surface area contributed by atoms with Crippen LogP contribution >= 0.6 is 11.3 Å². The number of amides is 1. The quantitative estimate of drug-likeness (QED) is 0.546. The van der Waals surface area contributed by atoms with Crippen molar-refractivity contribution in [1.29, 1.82) is 0 Å². The molecule has 10 heteroatoms. The molecule has 1 aliphatic heterocycles. The van der Waals surface area contributed by atoms with Gasteiger partial charge in [0.1, 0.15) is 15.8 Å². The van der Waals surface area contributed by atoms with E-state index >= 15 is 0 Å². The van der Waals surface area contributed by atoms with E-state index in [-0.39, 0.29) is 16.6 Å². The molecule has 9 nitrogen and oxygen atoms in total. The molecule has 0 radical (unpaired) electrons. The summed E-state index contributed by atoms with van der Waals surface area (Å²) >= 11 is 1.08. The fourth-order valence-corrected chi connectivity index (χ4v) is 4.57. The number of methoxy groups -OCH3 is 1. The first-order valence-corrected chi connectivity index (χ1v) is 11.3. The Balaban J connectivity index is 1.48. The molecule has 4 rings (SSSR count). The van der Waals surface area contributed by atoms with E-state index in [1.165, 1.54) is 13.3 Å². The summed E-state index contributed by atoms with van der Waals surface area (Å²) in [5.41, 5.74) is 1.97. The Hall–Kier alpha value is -3.34. The minimum absolute atomic E-state index is 0.169. The van der Waals surface area contributed by atoms with Gasteiger partial charge in [-0.1, -0.05) is 23.5 Å². The van der Waals surface area contributed by atoms with Crippen molar-refractivity contribution in [3.63, 3.8) is 0 Å². The maximum Gasteiger partial charge on any atom is 0.357 e. The Morgan fingerprint density at radius 3 is 2.55 bits per heavy atom. The summed E-state index contributed by atoms with van der Waals surface area (Å²) in [5.74, 6) is -1.14. The molecule has 33 heavy (non-hydrogen) atoms. The van der Waals surface area contributed by atoms with Gasteiger partial charge in [-0.2, -0.15) is 0 Å². The van der Waals surface area contributed by atoms with Gasteiger partial charge >= 0.3 is 5.97 Å². The van der Waals surface area contributed by atoms with Crippen molar-refractivity contribution in [2.24, 2.45) is 0 Å². The van der Waals surface area contributed by atoms with Gasteiger partial charge in [-0.25, -0.2) is 9.78 Å². The van der Waals surface area contributed by atoms with E-state index in [0.717, 1.165) is 49.6 Å². The van der Waals surface area contributed by atoms with Gasteiger partial charge in [0, 0.05) is 44.5 Å². The topological polar surface area (TPSA) is 108 Å². The fourth-order valence-electron chi connectivity index (χ4n) is 3.59. The maximum atomic E-state index is 12.8. The summed E-state index contributed by atoms with van der Waals surface area (Å²) in [6.07, 6.45) is 3.10. The van der Waals surface area contributed by atoms with Crippen LogP contribution in [0.1, 0.15) is 26.4 Å². The first-order valence-electron chi connectivity index (χ1n) is 10.5. The minimum Gasteiger partial charge on any atom is -0.494 e. The van der Waals surface area contributed by atoms with Gasteiger partial charge in [-0.05, 0) is 30.8 Å². The Labute approximate surface area is 195 Å². The second kappa shape index (κ2) is 10.1. The normalized spacial score (nSPS) is 14.7. The zero-order valence-electron chi connectivity index (χ0n) is 18.4. The minimum atomic E-state index is -1.22. The first kappa shape index (κ1) is 22.8. The van der Waals surface area contributed by atoms with Gasteiger partial charge in [-0.15, -0.1) is 0 Å². The Morgan fingerprint density at radius 2 is 1.88 bits per heavy atom. The molecule has 1 fully saturated rings. The summed E-state index contributed by atoms with van der Waals surface area (Å²) in [6, 6.07) is 9.08. The second-order valence-electron chi connectivity index (χ2n) is 7.81. The number of piperazine rings is 1. The Kier molecular flexibility index (Phi) is 6.97. The molecule has 1 aliphatic rings. The average molecular weight is 468 g/mol. The van der Waals surface area contributed by atoms with Crippen molar-refractivity contribution in [3.8, 4) is 16.3 Å². The van der Waals surface area contributed by atoms with Gasteiger partial charge in [0.05, 0.1) is 18.9 Å². The average Bonchev–Trinajstić information content (AvgIpc) is 3.25. The molecule has 3 heterocycles. The zero-order valence-corrected chi connectivity index (χ0v) is 19.3. The predicted octanol–water partition coefficient (Wildman–Crippen LogP) is 2.91. The molecule has 2 N–H and O–H groups in total. The number of aromatic carboxylic acids is 1. The molecule has 3 aromatic rings. The number of likely N-dealkylation sites (N-methyl/N-ethyl adjacent to an activating group) is 1. The number of carboxylic acid groups (broad SMARTS) is 1. The molecule has 0 saturated carbocycles. The van der Waals surface area contributed by atoms with E-state index in [1.807, 2.05) is 12.1 Å². The van der Waals surface area contributed by atoms with E-state index in [4.69, 9.17) is 4.74 Å². The van der Waals surface area contributed by atoms with Crippen molar-refractivity contribution >= 4 is 28.2 Å². The van der Waals surface area contributed by atoms with Crippen LogP contribution in [0.25, 0.3) is 10.6 Å². The molecular formula is C23H25N5O4S. The number of aromatic nitrogens is 2. The first-order chi connectivity index (χ1) is 15.9. The lowest BCUT2D eigenvalue weighted by Crippen LogP contribution is -2.43. The van der Waals surface area contributed by atoms with E-state index in [1.54, 1.807) is 24.4 Å². The number of ether oxygens (including phenoxy) is 1. The Bertz CT molecular complexity index is 1140. The van der Waals surface area contributed by atoms with E-state index < -0.39 is 5.97 Å². The highest BCUT2D eigenvalue weighted by atomic mass is 32.1. The number of hydrogen-bond donors (Lipinski definition) is 2. The van der Waals surface area contributed by atoms with Crippen molar-refractivity contribution in [3.05, 3.63) is 59.5 Å². The van der Waals surface area contributed by atoms with Crippen LogP contribution < -0.4 is 10.1 Å². The number of benzene rings is 1. The van der Waals surface area contributed by atoms with Gasteiger partial charge in [0.15, 0.2) is 5.69 Å². The van der Waals surface area contributed by atoms with Crippen LogP contribution in [0, 0.1) is 0 Å². The molecule has 1 saturated heterocycles. The summed E-state index contributed by atoms with van der Waals surface area (Å²) in [4.78, 5) is 37.5. The lowest BCUT2D eigenvalue weighted by atomic mass is 10.1. The van der Waals surface area contributed by atoms with Crippen LogP contribution in [0.5, 0.6) is 5.75 Å². The van der Waals surface area contributed by atoms with E-state index in [9.17, 15) is 14.7 Å². The molecule has 2 aromatic heterocycles. The van der Waals surface area contributed by atoms with Gasteiger partial charge in [-0.3, -0.25) is 14.7 Å². The van der Waals surface area contributed by atoms with Crippen LogP contribution in [0.15, 0.2) is 42.7 Å². The standard InChI is InChI=1S/C23H25N5O4S/c1-27-9-11-28(12-10-27)14-15-3-5-16(6-4-15)20(29)26-22-19(23(30)31)25-21(33-22)17-7-8-24-13-18(17)32-2/h3-8,13H,9-12,14H2,1-2H3,(H,26,29)(H,30,31). The van der Waals surface area contributed by atoms with Gasteiger partial charge < -0.3 is 20.1 Å². The predicted molar refractivity (Wildman–Crippen MR) is 126 cm³/mol. The highest BCUT2D eigenvalue weighted by molar-refractivity contribution is 7.19. The van der Waals surface area contributed by atoms with Gasteiger partial charge in [0.25, 0.3) is 5.91 Å². The molecule has 0 unspecified atom stereocenters. The summed E-state index contributed by atoms with van der Waals surface area (Å²) in [6.45, 7) is 4.98. The fraction of sp³-hybridized carbons (Fsp3) is 0.304. The molecule has 0 bridgehead atoms. The lowest BCUT2D eigenvalue weighted by Gasteiger charge is -2.32. The van der Waals surface area contributed by atoms with Crippen LogP contribution in [0.4, 0.5) is 5.00 Å². The zero-order chi connectivity index (χ0) is 23.4.